The van der Waals surface area contributed by atoms with E-state index in [1.165, 1.54) is 11.3 Å². The van der Waals surface area contributed by atoms with Gasteiger partial charge in [0.25, 0.3) is 0 Å². The summed E-state index contributed by atoms with van der Waals surface area (Å²) in [6.07, 6.45) is 0. The summed E-state index contributed by atoms with van der Waals surface area (Å²) in [7, 11) is -3.44. The molecule has 0 spiro atoms. The van der Waals surface area contributed by atoms with Crippen molar-refractivity contribution in [3.8, 4) is 10.6 Å². The van der Waals surface area contributed by atoms with E-state index in [0.717, 1.165) is 48.3 Å². The number of thiazole rings is 1. The van der Waals surface area contributed by atoms with Gasteiger partial charge in [0, 0.05) is 44.6 Å². The molecule has 1 aliphatic rings. The van der Waals surface area contributed by atoms with Gasteiger partial charge in [-0.1, -0.05) is 0 Å². The fourth-order valence-electron chi connectivity index (χ4n) is 2.42. The fraction of sp³-hybridized carbons (Fsp3) is 0.500. The minimum atomic E-state index is -3.44. The lowest BCUT2D eigenvalue weighted by molar-refractivity contribution is 0.245. The van der Waals surface area contributed by atoms with Crippen molar-refractivity contribution >= 4 is 57.5 Å². The number of halogens is 2. The van der Waals surface area contributed by atoms with Crippen molar-refractivity contribution in [2.24, 2.45) is 0 Å². The molecule has 11 heteroatoms. The van der Waals surface area contributed by atoms with Crippen LogP contribution in [0.3, 0.4) is 0 Å². The van der Waals surface area contributed by atoms with E-state index in [1.807, 2.05) is 18.4 Å². The average Bonchev–Trinajstić information content (AvgIpc) is 3.17. The highest BCUT2D eigenvalue weighted by atomic mass is 35.5. The van der Waals surface area contributed by atoms with E-state index in [4.69, 9.17) is 0 Å². The highest BCUT2D eigenvalue weighted by Gasteiger charge is 2.18. The molecule has 0 amide bonds. The Morgan fingerprint density at radius 2 is 2.00 bits per heavy atom. The number of nitrogens with zero attached hydrogens (tertiary/aromatic N) is 2. The molecule has 3 rings (SSSR count). The quantitative estimate of drug-likeness (QED) is 0.713. The van der Waals surface area contributed by atoms with Crippen molar-refractivity contribution in [3.63, 3.8) is 0 Å². The van der Waals surface area contributed by atoms with E-state index in [2.05, 4.69) is 19.9 Å². The summed E-state index contributed by atoms with van der Waals surface area (Å²) in [4.78, 5) is 7.55. The highest BCUT2D eigenvalue weighted by molar-refractivity contribution is 7.91. The maximum absolute atomic E-state index is 12.4. The third-order valence-electron chi connectivity index (χ3n) is 3.65. The molecule has 3 heterocycles. The Kier molecular flexibility index (Phi) is 9.27. The number of hydrogen-bond donors (Lipinski definition) is 2. The first kappa shape index (κ1) is 22.8. The van der Waals surface area contributed by atoms with Gasteiger partial charge in [-0.25, -0.2) is 18.1 Å². The van der Waals surface area contributed by atoms with Crippen molar-refractivity contribution < 1.29 is 8.42 Å². The Bertz CT molecular complexity index is 758. The lowest BCUT2D eigenvalue weighted by Gasteiger charge is -2.26. The van der Waals surface area contributed by atoms with E-state index in [-0.39, 0.29) is 24.8 Å². The van der Waals surface area contributed by atoms with Crippen LogP contribution in [0.15, 0.2) is 21.7 Å². The van der Waals surface area contributed by atoms with Crippen LogP contribution < -0.4 is 10.0 Å². The molecule has 0 aliphatic carbocycles. The van der Waals surface area contributed by atoms with Crippen LogP contribution in [0.5, 0.6) is 0 Å². The smallest absolute Gasteiger partial charge is 0.250 e. The molecule has 0 atom stereocenters. The summed E-state index contributed by atoms with van der Waals surface area (Å²) < 4.78 is 27.8. The predicted octanol–water partition coefficient (Wildman–Crippen LogP) is 2.21. The topological polar surface area (TPSA) is 74.3 Å². The normalized spacial score (nSPS) is 15.4. The number of piperazine rings is 1. The molecule has 1 aliphatic heterocycles. The second kappa shape index (κ2) is 10.2. The lowest BCUT2D eigenvalue weighted by atomic mass is 10.3. The molecule has 6 nitrogen and oxygen atoms in total. The monoisotopic (exact) mass is 444 g/mol. The van der Waals surface area contributed by atoms with Crippen LogP contribution in [0.2, 0.25) is 0 Å². The van der Waals surface area contributed by atoms with E-state index < -0.39 is 10.0 Å². The van der Waals surface area contributed by atoms with Crippen LogP contribution in [-0.2, 0) is 10.0 Å². The summed E-state index contributed by atoms with van der Waals surface area (Å²) in [6.45, 7) is 6.98. The molecule has 0 unspecified atom stereocenters. The molecule has 25 heavy (non-hydrogen) atoms. The van der Waals surface area contributed by atoms with Gasteiger partial charge in [-0.05, 0) is 19.1 Å². The third-order valence-corrected chi connectivity index (χ3v) is 7.48. The first-order valence-electron chi connectivity index (χ1n) is 7.50. The van der Waals surface area contributed by atoms with Crippen LogP contribution in [0.25, 0.3) is 10.6 Å². The van der Waals surface area contributed by atoms with Gasteiger partial charge >= 0.3 is 0 Å². The molecule has 1 saturated heterocycles. The van der Waals surface area contributed by atoms with Gasteiger partial charge in [-0.2, -0.15) is 0 Å². The summed E-state index contributed by atoms with van der Waals surface area (Å²) in [5, 5.41) is 6.22. The molecule has 2 N–H and O–H groups in total. The third kappa shape index (κ3) is 6.14. The second-order valence-electron chi connectivity index (χ2n) is 5.36. The van der Waals surface area contributed by atoms with Crippen LogP contribution in [0.1, 0.15) is 5.01 Å². The molecule has 1 fully saturated rings. The zero-order valence-electron chi connectivity index (χ0n) is 13.7. The van der Waals surface area contributed by atoms with E-state index >= 15 is 0 Å². The molecule has 2 aromatic rings. The van der Waals surface area contributed by atoms with Crippen LogP contribution in [0.4, 0.5) is 0 Å². The molecular formula is C14H22Cl2N4O2S3. The zero-order valence-corrected chi connectivity index (χ0v) is 17.8. The standard InChI is InChI=1S/C14H20N4O2S3.2ClH/c1-11-17-12(10-21-11)13-2-3-14(22-13)23(19,20)16-6-9-18-7-4-15-5-8-18;;/h2-3,10,15-16H,4-9H2,1H3;2*1H. The molecule has 0 saturated carbocycles. The maximum atomic E-state index is 12.4. The minimum absolute atomic E-state index is 0. The van der Waals surface area contributed by atoms with Crippen molar-refractivity contribution in [2.75, 3.05) is 39.3 Å². The van der Waals surface area contributed by atoms with E-state index in [0.29, 0.717) is 10.8 Å². The van der Waals surface area contributed by atoms with Gasteiger partial charge in [0.1, 0.15) is 4.21 Å². The van der Waals surface area contributed by atoms with Gasteiger partial charge < -0.3 is 5.32 Å². The van der Waals surface area contributed by atoms with E-state index in [9.17, 15) is 8.42 Å². The van der Waals surface area contributed by atoms with Crippen LogP contribution in [-0.4, -0.2) is 57.6 Å². The predicted molar refractivity (Wildman–Crippen MR) is 109 cm³/mol. The average molecular weight is 445 g/mol. The Morgan fingerprint density at radius 3 is 2.64 bits per heavy atom. The summed E-state index contributed by atoms with van der Waals surface area (Å²) in [6, 6.07) is 3.48. The Hall–Kier alpha value is -0.260. The molecule has 0 aromatic carbocycles. The summed E-state index contributed by atoms with van der Waals surface area (Å²) in [5.74, 6) is 0. The number of thiophene rings is 1. The zero-order chi connectivity index (χ0) is 16.3. The number of nitrogens with one attached hydrogen (secondary N) is 2. The minimum Gasteiger partial charge on any atom is -0.314 e. The van der Waals surface area contributed by atoms with Crippen molar-refractivity contribution in [1.29, 1.82) is 0 Å². The maximum Gasteiger partial charge on any atom is 0.250 e. The fourth-order valence-corrected chi connectivity index (χ4v) is 5.44. The van der Waals surface area contributed by atoms with Gasteiger partial charge in [-0.15, -0.1) is 47.5 Å². The van der Waals surface area contributed by atoms with Crippen LogP contribution >= 0.6 is 47.5 Å². The number of aryl methyl sites for hydroxylation is 1. The number of sulfonamides is 1. The summed E-state index contributed by atoms with van der Waals surface area (Å²) in [5.41, 5.74) is 0.847. The van der Waals surface area contributed by atoms with Gasteiger partial charge in [0.2, 0.25) is 10.0 Å². The van der Waals surface area contributed by atoms with Gasteiger partial charge in [0.15, 0.2) is 0 Å². The van der Waals surface area contributed by atoms with Gasteiger partial charge in [-0.3, -0.25) is 4.90 Å². The Labute approximate surface area is 168 Å². The van der Waals surface area contributed by atoms with E-state index in [1.54, 1.807) is 17.4 Å². The number of aromatic nitrogens is 1. The molecular weight excluding hydrogens is 423 g/mol. The molecule has 0 bridgehead atoms. The molecule has 0 radical (unpaired) electrons. The first-order chi connectivity index (χ1) is 11.0. The summed E-state index contributed by atoms with van der Waals surface area (Å²) >= 11 is 2.83. The molecule has 2 aromatic heterocycles. The Morgan fingerprint density at radius 1 is 1.28 bits per heavy atom. The van der Waals surface area contributed by atoms with Crippen LogP contribution in [0, 0.1) is 6.92 Å². The van der Waals surface area contributed by atoms with Crippen molar-refractivity contribution in [3.05, 3.63) is 22.5 Å². The molecule has 142 valence electrons. The van der Waals surface area contributed by atoms with Crippen molar-refractivity contribution in [1.82, 2.24) is 19.9 Å². The second-order valence-corrected chi connectivity index (χ2v) is 9.50. The van der Waals surface area contributed by atoms with Crippen molar-refractivity contribution in [2.45, 2.75) is 11.1 Å². The highest BCUT2D eigenvalue weighted by Crippen LogP contribution is 2.31. The first-order valence-corrected chi connectivity index (χ1v) is 10.7. The Balaban J connectivity index is 0.00000156. The number of hydrogen-bond acceptors (Lipinski definition) is 7. The SMILES string of the molecule is Cc1nc(-c2ccc(S(=O)(=O)NCCN3CCNCC3)s2)cs1.Cl.Cl. The van der Waals surface area contributed by atoms with Gasteiger partial charge in [0.05, 0.1) is 15.6 Å². The number of rotatable bonds is 6. The lowest BCUT2D eigenvalue weighted by Crippen LogP contribution is -2.46. The largest absolute Gasteiger partial charge is 0.314 e.